The third-order valence-corrected chi connectivity index (χ3v) is 9.24. The van der Waals surface area contributed by atoms with E-state index in [1.165, 1.54) is 6.33 Å². The Kier molecular flexibility index (Phi) is 7.87. The lowest BCUT2D eigenvalue weighted by atomic mass is 9.85. The Morgan fingerprint density at radius 2 is 1.51 bits per heavy atom. The molecule has 1 aromatic heterocycles. The van der Waals surface area contributed by atoms with E-state index in [2.05, 4.69) is 43.3 Å². The summed E-state index contributed by atoms with van der Waals surface area (Å²) < 4.78 is 63.9. The average Bonchev–Trinajstić information content (AvgIpc) is 2.91. The van der Waals surface area contributed by atoms with Crippen LogP contribution in [0.4, 0.5) is 19.0 Å². The van der Waals surface area contributed by atoms with Crippen LogP contribution in [0.1, 0.15) is 35.4 Å². The van der Waals surface area contributed by atoms with E-state index in [1.54, 1.807) is 0 Å². The van der Waals surface area contributed by atoms with Crippen molar-refractivity contribution >= 4 is 54.3 Å². The van der Waals surface area contributed by atoms with Crippen molar-refractivity contribution in [3.8, 4) is 0 Å². The Morgan fingerprint density at radius 3 is 2.13 bits per heavy atom. The molecule has 1 fully saturated rings. The highest BCUT2D eigenvalue weighted by Gasteiger charge is 2.50. The van der Waals surface area contributed by atoms with Crippen LogP contribution in [0.15, 0.2) is 77.5 Å². The first-order valence-electron chi connectivity index (χ1n) is 12.1. The number of alkyl halides is 3. The van der Waals surface area contributed by atoms with Crippen LogP contribution in [-0.4, -0.2) is 47.3 Å². The van der Waals surface area contributed by atoms with Crippen LogP contribution in [0.25, 0.3) is 10.9 Å². The SMILES string of the molecule is O=S(=O)(N1CCC(Nc2ncnc3ccc(C(c4ccc(Cl)cc4)c4ccc(Br)cc4)cc23)CC1)C(F)(F)F. The average molecular weight is 640 g/mol. The van der Waals surface area contributed by atoms with E-state index in [4.69, 9.17) is 11.6 Å². The largest absolute Gasteiger partial charge is 0.511 e. The van der Waals surface area contributed by atoms with Crippen molar-refractivity contribution < 1.29 is 21.6 Å². The van der Waals surface area contributed by atoms with E-state index in [9.17, 15) is 21.6 Å². The van der Waals surface area contributed by atoms with Gasteiger partial charge in [-0.3, -0.25) is 0 Å². The van der Waals surface area contributed by atoms with Gasteiger partial charge in [0.15, 0.2) is 0 Å². The maximum absolute atomic E-state index is 13.0. The van der Waals surface area contributed by atoms with Crippen molar-refractivity contribution in [2.45, 2.75) is 30.3 Å². The molecule has 1 aliphatic heterocycles. The number of fused-ring (bicyclic) bond motifs is 1. The van der Waals surface area contributed by atoms with Gasteiger partial charge in [-0.2, -0.15) is 17.5 Å². The first-order valence-corrected chi connectivity index (χ1v) is 14.7. The molecule has 0 aliphatic carbocycles. The van der Waals surface area contributed by atoms with Gasteiger partial charge < -0.3 is 5.32 Å². The highest BCUT2D eigenvalue weighted by Crippen LogP contribution is 2.36. The summed E-state index contributed by atoms with van der Waals surface area (Å²) in [5.41, 5.74) is -1.48. The maximum Gasteiger partial charge on any atom is 0.511 e. The van der Waals surface area contributed by atoms with Crippen molar-refractivity contribution in [1.82, 2.24) is 14.3 Å². The molecule has 0 amide bonds. The summed E-state index contributed by atoms with van der Waals surface area (Å²) in [5, 5.41) is 4.72. The molecule has 39 heavy (non-hydrogen) atoms. The number of sulfonamides is 1. The number of hydrogen-bond acceptors (Lipinski definition) is 5. The van der Waals surface area contributed by atoms with Crippen molar-refractivity contribution in [2.75, 3.05) is 18.4 Å². The van der Waals surface area contributed by atoms with Gasteiger partial charge in [0.2, 0.25) is 0 Å². The first kappa shape index (κ1) is 27.8. The van der Waals surface area contributed by atoms with Gasteiger partial charge in [-0.25, -0.2) is 18.4 Å². The first-order chi connectivity index (χ1) is 18.5. The zero-order valence-corrected chi connectivity index (χ0v) is 23.5. The van der Waals surface area contributed by atoms with E-state index in [0.29, 0.717) is 20.7 Å². The third-order valence-electron chi connectivity index (χ3n) is 6.83. The zero-order valence-electron chi connectivity index (χ0n) is 20.4. The lowest BCUT2D eigenvalue weighted by Crippen LogP contribution is -2.47. The Labute approximate surface area is 237 Å². The van der Waals surface area contributed by atoms with Gasteiger partial charge in [0.25, 0.3) is 0 Å². The van der Waals surface area contributed by atoms with Crippen molar-refractivity contribution in [2.24, 2.45) is 0 Å². The number of aromatic nitrogens is 2. The highest BCUT2D eigenvalue weighted by atomic mass is 79.9. The Bertz CT molecular complexity index is 1530. The molecule has 0 bridgehead atoms. The minimum Gasteiger partial charge on any atom is -0.367 e. The summed E-state index contributed by atoms with van der Waals surface area (Å²) >= 11 is 9.65. The minimum atomic E-state index is -5.34. The van der Waals surface area contributed by atoms with Gasteiger partial charge >= 0.3 is 15.5 Å². The van der Waals surface area contributed by atoms with Gasteiger partial charge in [-0.15, -0.1) is 0 Å². The van der Waals surface area contributed by atoms with Gasteiger partial charge in [0.1, 0.15) is 12.1 Å². The molecule has 5 rings (SSSR count). The number of rotatable bonds is 6. The molecule has 4 aromatic rings. The molecule has 1 saturated heterocycles. The molecule has 1 atom stereocenters. The summed E-state index contributed by atoms with van der Waals surface area (Å²) in [6.07, 6.45) is 1.86. The van der Waals surface area contributed by atoms with Crippen molar-refractivity contribution in [1.29, 1.82) is 0 Å². The summed E-state index contributed by atoms with van der Waals surface area (Å²) in [4.78, 5) is 8.81. The van der Waals surface area contributed by atoms with Gasteiger partial charge in [0.05, 0.1) is 5.52 Å². The predicted octanol–water partition coefficient (Wildman–Crippen LogP) is 6.95. The number of hydrogen-bond donors (Lipinski definition) is 1. The number of nitrogens with zero attached hydrogens (tertiary/aromatic N) is 3. The monoisotopic (exact) mass is 638 g/mol. The second kappa shape index (κ2) is 11.0. The molecule has 0 saturated carbocycles. The molecule has 1 unspecified atom stereocenters. The molecule has 12 heteroatoms. The van der Waals surface area contributed by atoms with E-state index in [-0.39, 0.29) is 37.9 Å². The molecule has 2 heterocycles. The zero-order chi connectivity index (χ0) is 27.8. The van der Waals surface area contributed by atoms with Crippen molar-refractivity contribution in [3.63, 3.8) is 0 Å². The fourth-order valence-electron chi connectivity index (χ4n) is 4.84. The molecular formula is C27H23BrClF3N4O2S. The molecule has 6 nitrogen and oxygen atoms in total. The molecule has 3 aromatic carbocycles. The van der Waals surface area contributed by atoms with E-state index in [0.717, 1.165) is 26.5 Å². The standard InChI is InChI=1S/C27H23BrClF3N4O2S/c28-20-6-1-17(2-7-20)25(18-3-8-21(29)9-4-18)19-5-10-24-23(15-19)26(34-16-33-24)35-22-11-13-36(14-12-22)39(37,38)27(30,31)32/h1-10,15-16,22,25H,11-14H2,(H,33,34,35). The molecule has 1 aliphatic rings. The van der Waals surface area contributed by atoms with E-state index >= 15 is 0 Å². The number of piperidine rings is 1. The quantitative estimate of drug-likeness (QED) is 0.231. The van der Waals surface area contributed by atoms with Crippen LogP contribution < -0.4 is 5.32 Å². The molecular weight excluding hydrogens is 617 g/mol. The normalized spacial score (nSPS) is 16.3. The topological polar surface area (TPSA) is 75.2 Å². The lowest BCUT2D eigenvalue weighted by molar-refractivity contribution is -0.0494. The van der Waals surface area contributed by atoms with Gasteiger partial charge in [-0.05, 0) is 65.9 Å². The summed E-state index contributed by atoms with van der Waals surface area (Å²) in [6, 6.07) is 21.5. The molecule has 0 spiro atoms. The predicted molar refractivity (Wildman–Crippen MR) is 149 cm³/mol. The lowest BCUT2D eigenvalue weighted by Gasteiger charge is -2.32. The van der Waals surface area contributed by atoms with Crippen molar-refractivity contribution in [3.05, 3.63) is 99.2 Å². The Morgan fingerprint density at radius 1 is 0.923 bits per heavy atom. The molecule has 1 N–H and O–H groups in total. The van der Waals surface area contributed by atoms with Crippen LogP contribution in [0.3, 0.4) is 0 Å². The van der Waals surface area contributed by atoms with Gasteiger partial charge in [0, 0.05) is 39.9 Å². The van der Waals surface area contributed by atoms with E-state index < -0.39 is 15.5 Å². The van der Waals surface area contributed by atoms with Crippen LogP contribution in [0.2, 0.25) is 5.02 Å². The third kappa shape index (κ3) is 5.91. The fraction of sp³-hybridized carbons (Fsp3) is 0.259. The fourth-order valence-corrected chi connectivity index (χ4v) is 6.21. The smallest absolute Gasteiger partial charge is 0.367 e. The second-order valence-corrected chi connectivity index (χ2v) is 12.6. The Hall–Kier alpha value is -2.73. The molecule has 204 valence electrons. The molecule has 0 radical (unpaired) electrons. The number of nitrogens with one attached hydrogen (secondary N) is 1. The van der Waals surface area contributed by atoms with Crippen LogP contribution in [0.5, 0.6) is 0 Å². The highest BCUT2D eigenvalue weighted by molar-refractivity contribution is 9.10. The van der Waals surface area contributed by atoms with E-state index in [1.807, 2.05) is 54.6 Å². The number of halogens is 5. The van der Waals surface area contributed by atoms with Crippen LogP contribution >= 0.6 is 27.5 Å². The van der Waals surface area contributed by atoms with Gasteiger partial charge in [-0.1, -0.05) is 57.9 Å². The summed E-state index contributed by atoms with van der Waals surface area (Å²) in [6.45, 7) is -0.452. The summed E-state index contributed by atoms with van der Waals surface area (Å²) in [7, 11) is -5.34. The second-order valence-electron chi connectivity index (χ2n) is 9.30. The van der Waals surface area contributed by atoms with Crippen LogP contribution in [0, 0.1) is 0 Å². The number of anilines is 1. The Balaban J connectivity index is 1.45. The van der Waals surface area contributed by atoms with Crippen LogP contribution in [-0.2, 0) is 10.0 Å². The summed E-state index contributed by atoms with van der Waals surface area (Å²) in [5.74, 6) is 0.438. The maximum atomic E-state index is 13.0. The number of benzene rings is 3. The minimum absolute atomic E-state index is 0.108.